The fourth-order valence-electron chi connectivity index (χ4n) is 2.50. The lowest BCUT2D eigenvalue weighted by atomic mass is 9.93. The van der Waals surface area contributed by atoms with E-state index in [0.29, 0.717) is 16.0 Å². The maximum absolute atomic E-state index is 13.1. The van der Waals surface area contributed by atoms with E-state index in [4.69, 9.17) is 23.2 Å². The second-order valence-electron chi connectivity index (χ2n) is 4.91. The molecular weight excluding hydrogens is 312 g/mol. The van der Waals surface area contributed by atoms with Crippen LogP contribution in [0.3, 0.4) is 0 Å². The molecule has 0 saturated heterocycles. The maximum Gasteiger partial charge on any atom is 0.162 e. The number of hydrogen-bond donors (Lipinski definition) is 0. The standard InChI is InChI=1S/C15H12Cl2FN3/c1-8(10-3-5-11(18)6-4-10)14-9(2)20-21-13(17)7-12(16)19-15(14)21/h3-8H,1-2H3. The van der Waals surface area contributed by atoms with Crippen molar-refractivity contribution in [3.63, 3.8) is 0 Å². The molecule has 2 aromatic heterocycles. The minimum Gasteiger partial charge on any atom is -0.216 e. The number of nitrogens with zero attached hydrogens (tertiary/aromatic N) is 3. The van der Waals surface area contributed by atoms with Gasteiger partial charge in [0.05, 0.1) is 5.69 Å². The molecule has 0 aliphatic heterocycles. The first-order valence-electron chi connectivity index (χ1n) is 6.44. The van der Waals surface area contributed by atoms with E-state index < -0.39 is 0 Å². The van der Waals surface area contributed by atoms with Gasteiger partial charge < -0.3 is 0 Å². The molecule has 0 aliphatic carbocycles. The quantitative estimate of drug-likeness (QED) is 0.643. The van der Waals surface area contributed by atoms with Crippen LogP contribution in [0.2, 0.25) is 10.3 Å². The van der Waals surface area contributed by atoms with Crippen molar-refractivity contribution in [2.24, 2.45) is 0 Å². The third-order valence-corrected chi connectivity index (χ3v) is 4.00. The highest BCUT2D eigenvalue weighted by Crippen LogP contribution is 2.31. The molecule has 1 atom stereocenters. The van der Waals surface area contributed by atoms with E-state index in [-0.39, 0.29) is 11.7 Å². The lowest BCUT2D eigenvalue weighted by molar-refractivity contribution is 0.626. The molecule has 0 saturated carbocycles. The summed E-state index contributed by atoms with van der Waals surface area (Å²) in [6, 6.07) is 7.96. The van der Waals surface area contributed by atoms with Crippen LogP contribution in [0.25, 0.3) is 5.65 Å². The Bertz CT molecular complexity index is 812. The van der Waals surface area contributed by atoms with Gasteiger partial charge in [-0.05, 0) is 24.6 Å². The van der Waals surface area contributed by atoms with Crippen molar-refractivity contribution in [1.82, 2.24) is 14.6 Å². The third kappa shape index (κ3) is 2.49. The number of hydrogen-bond acceptors (Lipinski definition) is 2. The molecule has 0 fully saturated rings. The molecule has 2 heterocycles. The molecule has 1 aromatic carbocycles. The van der Waals surface area contributed by atoms with Crippen LogP contribution in [0, 0.1) is 12.7 Å². The summed E-state index contributed by atoms with van der Waals surface area (Å²) in [5.41, 5.74) is 3.36. The first-order valence-corrected chi connectivity index (χ1v) is 7.19. The second-order valence-corrected chi connectivity index (χ2v) is 5.68. The van der Waals surface area contributed by atoms with Crippen molar-refractivity contribution in [3.05, 3.63) is 63.3 Å². The maximum atomic E-state index is 13.1. The summed E-state index contributed by atoms with van der Waals surface area (Å²) in [4.78, 5) is 4.33. The Morgan fingerprint density at radius 1 is 1.19 bits per heavy atom. The van der Waals surface area contributed by atoms with Gasteiger partial charge >= 0.3 is 0 Å². The Morgan fingerprint density at radius 3 is 2.52 bits per heavy atom. The highest BCUT2D eigenvalue weighted by molar-refractivity contribution is 6.33. The molecular formula is C15H12Cl2FN3. The van der Waals surface area contributed by atoms with Crippen molar-refractivity contribution >= 4 is 28.8 Å². The Labute approximate surface area is 131 Å². The van der Waals surface area contributed by atoms with E-state index in [0.717, 1.165) is 16.8 Å². The van der Waals surface area contributed by atoms with Gasteiger partial charge in [0.15, 0.2) is 5.65 Å². The molecule has 6 heteroatoms. The van der Waals surface area contributed by atoms with Gasteiger partial charge in [-0.3, -0.25) is 0 Å². The predicted octanol–water partition coefficient (Wildman–Crippen LogP) is 4.64. The van der Waals surface area contributed by atoms with E-state index in [9.17, 15) is 4.39 Å². The molecule has 3 rings (SSSR count). The molecule has 0 bridgehead atoms. The van der Waals surface area contributed by atoms with Gasteiger partial charge in [0.1, 0.15) is 16.1 Å². The molecule has 3 nitrogen and oxygen atoms in total. The van der Waals surface area contributed by atoms with E-state index in [1.165, 1.54) is 12.1 Å². The zero-order valence-electron chi connectivity index (χ0n) is 11.4. The predicted molar refractivity (Wildman–Crippen MR) is 81.7 cm³/mol. The van der Waals surface area contributed by atoms with Crippen LogP contribution in [0.4, 0.5) is 4.39 Å². The number of fused-ring (bicyclic) bond motifs is 1. The summed E-state index contributed by atoms with van der Waals surface area (Å²) in [6.45, 7) is 3.92. The smallest absolute Gasteiger partial charge is 0.162 e. The minimum atomic E-state index is -0.258. The van der Waals surface area contributed by atoms with Gasteiger partial charge in [-0.15, -0.1) is 0 Å². The van der Waals surface area contributed by atoms with Crippen LogP contribution < -0.4 is 0 Å². The van der Waals surface area contributed by atoms with Crippen molar-refractivity contribution in [2.75, 3.05) is 0 Å². The third-order valence-electron chi connectivity index (χ3n) is 3.54. The number of aryl methyl sites for hydroxylation is 1. The van der Waals surface area contributed by atoms with Crippen molar-refractivity contribution in [2.45, 2.75) is 19.8 Å². The fourth-order valence-corrected chi connectivity index (χ4v) is 2.96. The molecule has 0 spiro atoms. The Kier molecular flexibility index (Phi) is 3.59. The molecule has 21 heavy (non-hydrogen) atoms. The van der Waals surface area contributed by atoms with Crippen LogP contribution >= 0.6 is 23.2 Å². The van der Waals surface area contributed by atoms with Gasteiger partial charge in [-0.2, -0.15) is 5.10 Å². The molecule has 3 aromatic rings. The zero-order valence-corrected chi connectivity index (χ0v) is 13.0. The van der Waals surface area contributed by atoms with Gasteiger partial charge in [0, 0.05) is 17.5 Å². The topological polar surface area (TPSA) is 30.2 Å². The lowest BCUT2D eigenvalue weighted by Gasteiger charge is -2.11. The van der Waals surface area contributed by atoms with Crippen LogP contribution in [-0.4, -0.2) is 14.6 Å². The van der Waals surface area contributed by atoms with E-state index in [1.807, 2.05) is 13.8 Å². The minimum absolute atomic E-state index is 0.00475. The van der Waals surface area contributed by atoms with Gasteiger partial charge in [-0.1, -0.05) is 42.3 Å². The summed E-state index contributed by atoms with van der Waals surface area (Å²) < 4.78 is 14.6. The number of halogens is 3. The summed E-state index contributed by atoms with van der Waals surface area (Å²) >= 11 is 12.1. The lowest BCUT2D eigenvalue weighted by Crippen LogP contribution is -1.99. The first kappa shape index (κ1) is 14.3. The number of benzene rings is 1. The van der Waals surface area contributed by atoms with E-state index >= 15 is 0 Å². The zero-order chi connectivity index (χ0) is 15.1. The van der Waals surface area contributed by atoms with E-state index in [1.54, 1.807) is 22.7 Å². The molecule has 0 aliphatic rings. The fraction of sp³-hybridized carbons (Fsp3) is 0.200. The molecule has 0 amide bonds. The summed E-state index contributed by atoms with van der Waals surface area (Å²) in [5.74, 6) is -0.253. The van der Waals surface area contributed by atoms with Crippen molar-refractivity contribution in [3.8, 4) is 0 Å². The number of rotatable bonds is 2. The normalized spacial score (nSPS) is 12.8. The SMILES string of the molecule is Cc1nn2c(Cl)cc(Cl)nc2c1C(C)c1ccc(F)cc1. The highest BCUT2D eigenvalue weighted by atomic mass is 35.5. The second kappa shape index (κ2) is 5.28. The Hall–Kier alpha value is -1.65. The Balaban J connectivity index is 2.19. The monoisotopic (exact) mass is 323 g/mol. The Morgan fingerprint density at radius 2 is 1.86 bits per heavy atom. The largest absolute Gasteiger partial charge is 0.216 e. The molecule has 108 valence electrons. The molecule has 0 radical (unpaired) electrons. The van der Waals surface area contributed by atoms with Crippen molar-refractivity contribution in [1.29, 1.82) is 0 Å². The van der Waals surface area contributed by atoms with Crippen LogP contribution in [0.15, 0.2) is 30.3 Å². The first-order chi connectivity index (χ1) is 9.97. The van der Waals surface area contributed by atoms with Gasteiger partial charge in [0.2, 0.25) is 0 Å². The average molecular weight is 324 g/mol. The van der Waals surface area contributed by atoms with Gasteiger partial charge in [-0.25, -0.2) is 13.9 Å². The molecule has 1 unspecified atom stereocenters. The van der Waals surface area contributed by atoms with Crippen molar-refractivity contribution < 1.29 is 4.39 Å². The average Bonchev–Trinajstić information content (AvgIpc) is 2.75. The summed E-state index contributed by atoms with van der Waals surface area (Å²) in [5, 5.41) is 5.13. The summed E-state index contributed by atoms with van der Waals surface area (Å²) in [7, 11) is 0. The molecule has 0 N–H and O–H groups in total. The van der Waals surface area contributed by atoms with Gasteiger partial charge in [0.25, 0.3) is 0 Å². The van der Waals surface area contributed by atoms with Crippen LogP contribution in [0.5, 0.6) is 0 Å². The summed E-state index contributed by atoms with van der Waals surface area (Å²) in [6.07, 6.45) is 0. The highest BCUT2D eigenvalue weighted by Gasteiger charge is 2.20. The van der Waals surface area contributed by atoms with Crippen LogP contribution in [-0.2, 0) is 0 Å². The van der Waals surface area contributed by atoms with Crippen LogP contribution in [0.1, 0.15) is 29.7 Å². The van der Waals surface area contributed by atoms with E-state index in [2.05, 4.69) is 10.1 Å². The number of aromatic nitrogens is 3.